The quantitative estimate of drug-likeness (QED) is 0.407. The number of esters is 1. The molecule has 180 valence electrons. The fraction of sp³-hybridized carbons (Fsp3) is 0.474. The molecule has 2 saturated heterocycles. The molecule has 0 aliphatic carbocycles. The maximum Gasteiger partial charge on any atom is 0.490 e. The SMILES string of the molecule is O=C(NCC1CC2(CCNCC2)C(=O)O1)c1cc(Cl)c2[nH]c(=O)[nH]c2c1.O=C(O)C(F)(F)F. The second-order valence-electron chi connectivity index (χ2n) is 7.73. The molecule has 1 aromatic heterocycles. The first-order chi connectivity index (χ1) is 15.4. The molecule has 2 aliphatic rings. The Morgan fingerprint density at radius 3 is 2.45 bits per heavy atom. The Morgan fingerprint density at radius 2 is 1.85 bits per heavy atom. The van der Waals surface area contributed by atoms with E-state index in [-0.39, 0.29) is 35.2 Å². The molecule has 33 heavy (non-hydrogen) atoms. The summed E-state index contributed by atoms with van der Waals surface area (Å²) in [6, 6.07) is 3.06. The fourth-order valence-corrected chi connectivity index (χ4v) is 4.07. The summed E-state index contributed by atoms with van der Waals surface area (Å²) in [6.45, 7) is 1.86. The van der Waals surface area contributed by atoms with E-state index in [1.54, 1.807) is 6.07 Å². The summed E-state index contributed by atoms with van der Waals surface area (Å²) < 4.78 is 37.2. The molecule has 0 bridgehead atoms. The lowest BCUT2D eigenvalue weighted by molar-refractivity contribution is -0.192. The Kier molecular flexibility index (Phi) is 7.03. The van der Waals surface area contributed by atoms with Crippen molar-refractivity contribution < 1.29 is 37.4 Å². The number of imidazole rings is 1. The summed E-state index contributed by atoms with van der Waals surface area (Å²) in [5.41, 5.74) is 0.468. The minimum Gasteiger partial charge on any atom is -0.475 e. The lowest BCUT2D eigenvalue weighted by Gasteiger charge is -2.29. The summed E-state index contributed by atoms with van der Waals surface area (Å²) in [6.07, 6.45) is -3.25. The minimum absolute atomic E-state index is 0.160. The van der Waals surface area contributed by atoms with Crippen molar-refractivity contribution in [3.63, 3.8) is 0 Å². The van der Waals surface area contributed by atoms with Gasteiger partial charge in [-0.25, -0.2) is 9.59 Å². The predicted octanol–water partition coefficient (Wildman–Crippen LogP) is 1.56. The molecule has 1 atom stereocenters. The molecule has 1 spiro atoms. The molecule has 2 aliphatic heterocycles. The Hall–Kier alpha value is -3.06. The number of benzene rings is 1. The first-order valence-electron chi connectivity index (χ1n) is 9.83. The number of carbonyl (C=O) groups excluding carboxylic acids is 2. The van der Waals surface area contributed by atoms with Gasteiger partial charge in [0, 0.05) is 12.0 Å². The van der Waals surface area contributed by atoms with E-state index in [9.17, 15) is 27.6 Å². The van der Waals surface area contributed by atoms with E-state index in [2.05, 4.69) is 20.6 Å². The number of hydrogen-bond acceptors (Lipinski definition) is 6. The van der Waals surface area contributed by atoms with Gasteiger partial charge in [0.25, 0.3) is 5.91 Å². The number of aromatic amines is 2. The number of piperidine rings is 1. The van der Waals surface area contributed by atoms with Crippen LogP contribution in [0.4, 0.5) is 13.2 Å². The van der Waals surface area contributed by atoms with Gasteiger partial charge < -0.3 is 30.4 Å². The number of aromatic nitrogens is 2. The largest absolute Gasteiger partial charge is 0.490 e. The Morgan fingerprint density at radius 1 is 1.21 bits per heavy atom. The second-order valence-corrected chi connectivity index (χ2v) is 8.14. The third-order valence-electron chi connectivity index (χ3n) is 5.46. The van der Waals surface area contributed by atoms with E-state index in [1.807, 2.05) is 0 Å². The average molecular weight is 493 g/mol. The highest BCUT2D eigenvalue weighted by Gasteiger charge is 2.49. The molecule has 14 heteroatoms. The highest BCUT2D eigenvalue weighted by atomic mass is 35.5. The number of amides is 1. The predicted molar refractivity (Wildman–Crippen MR) is 109 cm³/mol. The fourth-order valence-electron chi connectivity index (χ4n) is 3.80. The van der Waals surface area contributed by atoms with Gasteiger partial charge in [-0.05, 0) is 38.1 Å². The van der Waals surface area contributed by atoms with E-state index < -0.39 is 17.6 Å². The Bertz CT molecular complexity index is 1120. The lowest BCUT2D eigenvalue weighted by Crippen LogP contribution is -2.39. The molecule has 4 rings (SSSR count). The zero-order chi connectivity index (χ0) is 24.4. The highest BCUT2D eigenvalue weighted by Crippen LogP contribution is 2.41. The smallest absolute Gasteiger partial charge is 0.475 e. The summed E-state index contributed by atoms with van der Waals surface area (Å²) in [5.74, 6) is -3.25. The molecule has 5 N–H and O–H groups in total. The van der Waals surface area contributed by atoms with E-state index in [4.69, 9.17) is 26.2 Å². The van der Waals surface area contributed by atoms with Crippen molar-refractivity contribution in [3.8, 4) is 0 Å². The lowest BCUT2D eigenvalue weighted by atomic mass is 9.76. The minimum atomic E-state index is -5.08. The van der Waals surface area contributed by atoms with Gasteiger partial charge in [0.05, 0.1) is 28.0 Å². The van der Waals surface area contributed by atoms with Gasteiger partial charge in [-0.2, -0.15) is 13.2 Å². The molecule has 0 radical (unpaired) electrons. The first-order valence-corrected chi connectivity index (χ1v) is 10.2. The maximum absolute atomic E-state index is 12.4. The van der Waals surface area contributed by atoms with Gasteiger partial charge in [-0.15, -0.1) is 0 Å². The van der Waals surface area contributed by atoms with Crippen LogP contribution in [0.15, 0.2) is 16.9 Å². The Labute approximate surface area is 188 Å². The van der Waals surface area contributed by atoms with Crippen molar-refractivity contribution in [1.82, 2.24) is 20.6 Å². The highest BCUT2D eigenvalue weighted by molar-refractivity contribution is 6.35. The van der Waals surface area contributed by atoms with Crippen molar-refractivity contribution in [2.75, 3.05) is 19.6 Å². The number of halogens is 4. The summed E-state index contributed by atoms with van der Waals surface area (Å²) in [5, 5.41) is 13.4. The number of hydrogen-bond donors (Lipinski definition) is 5. The number of carboxylic acid groups (broad SMARTS) is 1. The number of carboxylic acids is 1. The second kappa shape index (κ2) is 9.43. The van der Waals surface area contributed by atoms with Crippen LogP contribution in [-0.4, -0.2) is 64.8 Å². The van der Waals surface area contributed by atoms with E-state index >= 15 is 0 Å². The van der Waals surface area contributed by atoms with Crippen molar-refractivity contribution in [2.24, 2.45) is 5.41 Å². The summed E-state index contributed by atoms with van der Waals surface area (Å²) in [7, 11) is 0. The molecular weight excluding hydrogens is 473 g/mol. The van der Waals surface area contributed by atoms with Crippen LogP contribution in [0.3, 0.4) is 0 Å². The van der Waals surface area contributed by atoms with Crippen LogP contribution in [0, 0.1) is 5.41 Å². The van der Waals surface area contributed by atoms with Crippen molar-refractivity contribution >= 4 is 40.5 Å². The number of alkyl halides is 3. The summed E-state index contributed by atoms with van der Waals surface area (Å²) in [4.78, 5) is 50.1. The topological polar surface area (TPSA) is 153 Å². The van der Waals surface area contributed by atoms with Crippen molar-refractivity contribution in [3.05, 3.63) is 33.2 Å². The molecule has 2 aromatic rings. The normalized spacial score (nSPS) is 19.6. The average Bonchev–Trinajstić information content (AvgIpc) is 3.26. The van der Waals surface area contributed by atoms with Crippen LogP contribution in [-0.2, 0) is 14.3 Å². The number of ether oxygens (including phenoxy) is 1. The van der Waals surface area contributed by atoms with Gasteiger partial charge >= 0.3 is 23.8 Å². The van der Waals surface area contributed by atoms with Crippen LogP contribution in [0.25, 0.3) is 11.0 Å². The number of cyclic esters (lactones) is 1. The van der Waals surface area contributed by atoms with Crippen LogP contribution in [0.1, 0.15) is 29.6 Å². The first kappa shape index (κ1) is 24.6. The molecular formula is C19H20ClF3N4O6. The van der Waals surface area contributed by atoms with Crippen LogP contribution in [0.5, 0.6) is 0 Å². The zero-order valence-corrected chi connectivity index (χ0v) is 17.7. The van der Waals surface area contributed by atoms with Crippen LogP contribution < -0.4 is 16.3 Å². The summed E-state index contributed by atoms with van der Waals surface area (Å²) >= 11 is 6.12. The van der Waals surface area contributed by atoms with Gasteiger partial charge in [-0.1, -0.05) is 11.6 Å². The Balaban J connectivity index is 0.000000383. The molecule has 3 heterocycles. The number of nitrogens with one attached hydrogen (secondary N) is 4. The van der Waals surface area contributed by atoms with E-state index in [0.717, 1.165) is 25.9 Å². The molecule has 2 fully saturated rings. The molecule has 1 unspecified atom stereocenters. The number of carbonyl (C=O) groups is 3. The molecule has 1 aromatic carbocycles. The van der Waals surface area contributed by atoms with Gasteiger partial charge in [0.15, 0.2) is 0 Å². The standard InChI is InChI=1S/C17H19ClN4O4.C2HF3O2/c18-11-5-9(6-12-13(11)22-16(25)21-12)14(23)20-8-10-7-17(15(24)26-10)1-3-19-4-2-17;3-2(4,5)1(6)7/h5-6,10,19H,1-4,7-8H2,(H,20,23)(H2,21,22,25);(H,6,7). The maximum atomic E-state index is 12.4. The number of H-pyrrole nitrogens is 2. The molecule has 0 saturated carbocycles. The van der Waals surface area contributed by atoms with E-state index in [1.165, 1.54) is 6.07 Å². The van der Waals surface area contributed by atoms with Gasteiger partial charge in [0.1, 0.15) is 6.10 Å². The third kappa shape index (κ3) is 5.66. The number of fused-ring (bicyclic) bond motifs is 1. The monoisotopic (exact) mass is 492 g/mol. The molecule has 1 amide bonds. The van der Waals surface area contributed by atoms with Crippen LogP contribution >= 0.6 is 11.6 Å². The van der Waals surface area contributed by atoms with Crippen molar-refractivity contribution in [1.29, 1.82) is 0 Å². The van der Waals surface area contributed by atoms with E-state index in [0.29, 0.717) is 23.0 Å². The zero-order valence-electron chi connectivity index (χ0n) is 17.0. The van der Waals surface area contributed by atoms with Gasteiger partial charge in [-0.3, -0.25) is 9.59 Å². The molecule has 10 nitrogen and oxygen atoms in total. The van der Waals surface area contributed by atoms with Gasteiger partial charge in [0.2, 0.25) is 0 Å². The number of aliphatic carboxylic acids is 1. The van der Waals surface area contributed by atoms with Crippen LogP contribution in [0.2, 0.25) is 5.02 Å². The number of rotatable bonds is 3. The third-order valence-corrected chi connectivity index (χ3v) is 5.76. The van der Waals surface area contributed by atoms with Crippen molar-refractivity contribution in [2.45, 2.75) is 31.5 Å².